The molecule has 0 aliphatic heterocycles. The second kappa shape index (κ2) is 10.4. The molecule has 0 aromatic heterocycles. The van der Waals surface area contributed by atoms with Crippen LogP contribution in [-0.2, 0) is 0 Å². The normalized spacial score (nSPS) is 12.9. The number of halogens is 3. The molecular weight excluding hydrogens is 321 g/mol. The minimum absolute atomic E-state index is 0.193. The number of benzene rings is 1. The molecule has 0 heterocycles. The summed E-state index contributed by atoms with van der Waals surface area (Å²) in [4.78, 5) is 0. The molecule has 0 spiro atoms. The van der Waals surface area contributed by atoms with E-state index in [1.54, 1.807) is 0 Å². The van der Waals surface area contributed by atoms with Crippen molar-refractivity contribution in [1.29, 1.82) is 0 Å². The Bertz CT molecular complexity index is 475. The fraction of sp³-hybridized carbons (Fsp3) is 0.667. The number of rotatable bonds is 11. The second-order valence-electron chi connectivity index (χ2n) is 5.82. The van der Waals surface area contributed by atoms with Crippen molar-refractivity contribution in [3.63, 3.8) is 0 Å². The predicted octanol–water partition coefficient (Wildman–Crippen LogP) is 5.42. The Morgan fingerprint density at radius 3 is 2.21 bits per heavy atom. The molecule has 0 saturated heterocycles. The monoisotopic (exact) mass is 348 g/mol. The lowest BCUT2D eigenvalue weighted by Crippen LogP contribution is -2.20. The van der Waals surface area contributed by atoms with E-state index in [1.807, 2.05) is 0 Å². The lowest BCUT2D eigenvalue weighted by molar-refractivity contribution is -0.206. The minimum Gasteiger partial charge on any atom is -0.493 e. The average molecular weight is 348 g/mol. The molecule has 0 aliphatic rings. The number of unbranched alkanes of at least 4 members (excludes halogenated alkanes) is 6. The molecule has 0 amide bonds. The first kappa shape index (κ1) is 20.6. The van der Waals surface area contributed by atoms with Crippen LogP contribution in [0, 0.1) is 0 Å². The number of aliphatic hydroxyl groups excluding tert-OH is 1. The smallest absolute Gasteiger partial charge is 0.418 e. The lowest BCUT2D eigenvalue weighted by atomic mass is 10.1. The van der Waals surface area contributed by atoms with Crippen LogP contribution in [0.2, 0.25) is 0 Å². The molecule has 0 aliphatic carbocycles. The zero-order valence-corrected chi connectivity index (χ0v) is 14.4. The Morgan fingerprint density at radius 1 is 1.00 bits per heavy atom. The molecule has 1 aromatic rings. The Balaban J connectivity index is 2.46. The first-order valence-electron chi connectivity index (χ1n) is 8.45. The van der Waals surface area contributed by atoms with Gasteiger partial charge < -0.3 is 14.6 Å². The van der Waals surface area contributed by atoms with Crippen molar-refractivity contribution in [2.75, 3.05) is 13.7 Å². The Kier molecular flexibility index (Phi) is 8.97. The maximum atomic E-state index is 12.5. The van der Waals surface area contributed by atoms with Gasteiger partial charge in [0.05, 0.1) is 13.7 Å². The Hall–Kier alpha value is -1.43. The van der Waals surface area contributed by atoms with Gasteiger partial charge in [0.2, 0.25) is 0 Å². The van der Waals surface area contributed by atoms with Gasteiger partial charge in [0.15, 0.2) is 17.6 Å². The summed E-state index contributed by atoms with van der Waals surface area (Å²) in [7, 11) is 1.36. The SMILES string of the molecule is CCCCCCCCCOc1ccc(C(O)C(F)(F)F)cc1OC. The zero-order chi connectivity index (χ0) is 18.0. The molecule has 1 aromatic carbocycles. The summed E-state index contributed by atoms with van der Waals surface area (Å²) < 4.78 is 48.3. The highest BCUT2D eigenvalue weighted by molar-refractivity contribution is 5.43. The minimum atomic E-state index is -4.70. The van der Waals surface area contributed by atoms with Crippen molar-refractivity contribution in [3.8, 4) is 11.5 Å². The third-order valence-corrected chi connectivity index (χ3v) is 3.82. The van der Waals surface area contributed by atoms with Crippen LogP contribution in [0.4, 0.5) is 13.2 Å². The number of methoxy groups -OCH3 is 1. The summed E-state index contributed by atoms with van der Waals surface area (Å²) >= 11 is 0. The molecule has 138 valence electrons. The molecule has 1 atom stereocenters. The molecular formula is C18H27F3O3. The highest BCUT2D eigenvalue weighted by Crippen LogP contribution is 2.37. The van der Waals surface area contributed by atoms with Gasteiger partial charge in [-0.15, -0.1) is 0 Å². The number of alkyl halides is 3. The molecule has 6 heteroatoms. The number of aliphatic hydroxyl groups is 1. The summed E-state index contributed by atoms with van der Waals surface area (Å²) in [5, 5.41) is 9.28. The molecule has 1 unspecified atom stereocenters. The van der Waals surface area contributed by atoms with Crippen LogP contribution in [0.3, 0.4) is 0 Å². The largest absolute Gasteiger partial charge is 0.493 e. The van der Waals surface area contributed by atoms with E-state index in [2.05, 4.69) is 6.92 Å². The van der Waals surface area contributed by atoms with E-state index in [4.69, 9.17) is 9.47 Å². The molecule has 0 radical (unpaired) electrons. The van der Waals surface area contributed by atoms with Crippen LogP contribution in [-0.4, -0.2) is 25.0 Å². The summed E-state index contributed by atoms with van der Waals surface area (Å²) in [5.74, 6) is 0.584. The van der Waals surface area contributed by atoms with Gasteiger partial charge in [0.1, 0.15) is 0 Å². The van der Waals surface area contributed by atoms with Gasteiger partial charge in [-0.05, 0) is 24.1 Å². The molecule has 3 nitrogen and oxygen atoms in total. The van der Waals surface area contributed by atoms with Crippen LogP contribution >= 0.6 is 0 Å². The molecule has 0 fully saturated rings. The van der Waals surface area contributed by atoms with E-state index in [9.17, 15) is 18.3 Å². The van der Waals surface area contributed by atoms with Crippen LogP contribution in [0.15, 0.2) is 18.2 Å². The van der Waals surface area contributed by atoms with E-state index < -0.39 is 12.3 Å². The summed E-state index contributed by atoms with van der Waals surface area (Å²) in [6.45, 7) is 2.67. The van der Waals surface area contributed by atoms with Crippen molar-refractivity contribution in [2.45, 2.75) is 64.1 Å². The fourth-order valence-electron chi connectivity index (χ4n) is 2.40. The van der Waals surface area contributed by atoms with Gasteiger partial charge in [0, 0.05) is 0 Å². The van der Waals surface area contributed by atoms with Gasteiger partial charge in [-0.3, -0.25) is 0 Å². The molecule has 0 bridgehead atoms. The van der Waals surface area contributed by atoms with Crippen LogP contribution in [0.25, 0.3) is 0 Å². The van der Waals surface area contributed by atoms with Crippen LogP contribution in [0.5, 0.6) is 11.5 Å². The van der Waals surface area contributed by atoms with E-state index in [0.29, 0.717) is 12.4 Å². The van der Waals surface area contributed by atoms with Crippen LogP contribution < -0.4 is 9.47 Å². The van der Waals surface area contributed by atoms with Crippen molar-refractivity contribution < 1.29 is 27.8 Å². The zero-order valence-electron chi connectivity index (χ0n) is 14.4. The molecule has 1 rings (SSSR count). The van der Waals surface area contributed by atoms with Crippen molar-refractivity contribution >= 4 is 0 Å². The highest BCUT2D eigenvalue weighted by Gasteiger charge is 2.39. The van der Waals surface area contributed by atoms with Gasteiger partial charge in [-0.2, -0.15) is 13.2 Å². The van der Waals surface area contributed by atoms with Gasteiger partial charge in [-0.25, -0.2) is 0 Å². The molecule has 1 N–H and O–H groups in total. The standard InChI is InChI=1S/C18H27F3O3/c1-3-4-5-6-7-8-9-12-24-15-11-10-14(13-16(15)23-2)17(22)18(19,20)21/h10-11,13,17,22H,3-9,12H2,1-2H3. The summed E-state index contributed by atoms with van der Waals surface area (Å²) in [6.07, 6.45) is 0.867. The first-order chi connectivity index (χ1) is 11.4. The van der Waals surface area contributed by atoms with Crippen molar-refractivity contribution in [2.24, 2.45) is 0 Å². The lowest BCUT2D eigenvalue weighted by Gasteiger charge is -2.17. The Labute approximate surface area is 141 Å². The van der Waals surface area contributed by atoms with E-state index >= 15 is 0 Å². The number of hydrogen-bond donors (Lipinski definition) is 1. The van der Waals surface area contributed by atoms with E-state index in [0.717, 1.165) is 25.3 Å². The maximum absolute atomic E-state index is 12.5. The molecule has 24 heavy (non-hydrogen) atoms. The Morgan fingerprint density at radius 2 is 1.62 bits per heavy atom. The molecule has 0 saturated carbocycles. The van der Waals surface area contributed by atoms with E-state index in [1.165, 1.54) is 44.9 Å². The van der Waals surface area contributed by atoms with Gasteiger partial charge >= 0.3 is 6.18 Å². The topological polar surface area (TPSA) is 38.7 Å². The first-order valence-corrected chi connectivity index (χ1v) is 8.45. The van der Waals surface area contributed by atoms with Crippen molar-refractivity contribution in [3.05, 3.63) is 23.8 Å². The maximum Gasteiger partial charge on any atom is 0.418 e. The summed E-state index contributed by atoms with van der Waals surface area (Å²) in [5.41, 5.74) is -0.261. The quantitative estimate of drug-likeness (QED) is 0.543. The summed E-state index contributed by atoms with van der Waals surface area (Å²) in [6, 6.07) is 3.78. The van der Waals surface area contributed by atoms with Gasteiger partial charge in [0.25, 0.3) is 0 Å². The van der Waals surface area contributed by atoms with E-state index in [-0.39, 0.29) is 11.3 Å². The predicted molar refractivity (Wildman–Crippen MR) is 87.5 cm³/mol. The third kappa shape index (κ3) is 6.99. The van der Waals surface area contributed by atoms with Gasteiger partial charge in [-0.1, -0.05) is 51.5 Å². The second-order valence-corrected chi connectivity index (χ2v) is 5.82. The van der Waals surface area contributed by atoms with Crippen LogP contribution in [0.1, 0.15) is 63.5 Å². The van der Waals surface area contributed by atoms with Crippen molar-refractivity contribution in [1.82, 2.24) is 0 Å². The average Bonchev–Trinajstić information content (AvgIpc) is 2.55. The fourth-order valence-corrected chi connectivity index (χ4v) is 2.40. The number of hydrogen-bond acceptors (Lipinski definition) is 3. The highest BCUT2D eigenvalue weighted by atomic mass is 19.4. The third-order valence-electron chi connectivity index (χ3n) is 3.82. The number of ether oxygens (including phenoxy) is 2.